The molecule has 5 heteroatoms. The fourth-order valence-electron chi connectivity index (χ4n) is 3.11. The first-order valence-electron chi connectivity index (χ1n) is 7.87. The quantitative estimate of drug-likeness (QED) is 0.904. The zero-order chi connectivity index (χ0) is 17.3. The van der Waals surface area contributed by atoms with Gasteiger partial charge in [0, 0.05) is 18.4 Å². The van der Waals surface area contributed by atoms with Gasteiger partial charge in [-0.15, -0.1) is 0 Å². The maximum absolute atomic E-state index is 13.1. The van der Waals surface area contributed by atoms with Gasteiger partial charge in [-0.25, -0.2) is 9.18 Å². The summed E-state index contributed by atoms with van der Waals surface area (Å²) < 4.78 is 24.8. The Labute approximate surface area is 139 Å². The van der Waals surface area contributed by atoms with Crippen molar-refractivity contribution in [2.24, 2.45) is 0 Å². The summed E-state index contributed by atoms with van der Waals surface area (Å²) in [6.45, 7) is 4.23. The highest BCUT2D eigenvalue weighted by molar-refractivity contribution is 5.89. The summed E-state index contributed by atoms with van der Waals surface area (Å²) >= 11 is 0. The van der Waals surface area contributed by atoms with Gasteiger partial charge >= 0.3 is 5.97 Å². The van der Waals surface area contributed by atoms with Crippen LogP contribution in [0.25, 0.3) is 0 Å². The number of hydrogen-bond acceptors (Lipinski definition) is 3. The fraction of sp³-hybridized carbons (Fsp3) is 0.316. The first-order chi connectivity index (χ1) is 11.4. The van der Waals surface area contributed by atoms with Gasteiger partial charge in [-0.2, -0.15) is 0 Å². The number of fused-ring (bicyclic) bond motifs is 1. The molecule has 4 nitrogen and oxygen atoms in total. The van der Waals surface area contributed by atoms with Crippen LogP contribution in [0.2, 0.25) is 0 Å². The van der Waals surface area contributed by atoms with Gasteiger partial charge in [-0.05, 0) is 43.7 Å². The van der Waals surface area contributed by atoms with Crippen molar-refractivity contribution >= 4 is 5.97 Å². The SMILES string of the molecule is CCOc1cc(C(=O)O)cc2c1O[C@](C)(Cc1ccc(F)cc1)C2. The average molecular weight is 330 g/mol. The summed E-state index contributed by atoms with van der Waals surface area (Å²) in [6, 6.07) is 9.45. The molecule has 2 aromatic rings. The third kappa shape index (κ3) is 3.20. The highest BCUT2D eigenvalue weighted by atomic mass is 19.1. The van der Waals surface area contributed by atoms with Gasteiger partial charge in [-0.1, -0.05) is 12.1 Å². The number of hydrogen-bond donors (Lipinski definition) is 1. The number of rotatable bonds is 5. The van der Waals surface area contributed by atoms with Crippen LogP contribution >= 0.6 is 0 Å². The molecule has 0 fully saturated rings. The van der Waals surface area contributed by atoms with Crippen molar-refractivity contribution in [1.29, 1.82) is 0 Å². The largest absolute Gasteiger partial charge is 0.490 e. The van der Waals surface area contributed by atoms with Crippen LogP contribution in [0.4, 0.5) is 4.39 Å². The van der Waals surface area contributed by atoms with Crippen molar-refractivity contribution in [3.05, 3.63) is 58.9 Å². The van der Waals surface area contributed by atoms with Gasteiger partial charge in [0.25, 0.3) is 0 Å². The molecule has 1 atom stereocenters. The third-order valence-corrected chi connectivity index (χ3v) is 4.08. The van der Waals surface area contributed by atoms with E-state index in [-0.39, 0.29) is 11.4 Å². The molecule has 0 aliphatic carbocycles. The monoisotopic (exact) mass is 330 g/mol. The van der Waals surface area contributed by atoms with E-state index in [0.29, 0.717) is 30.9 Å². The zero-order valence-corrected chi connectivity index (χ0v) is 13.6. The molecule has 0 saturated heterocycles. The molecule has 1 aliphatic rings. The van der Waals surface area contributed by atoms with E-state index < -0.39 is 11.6 Å². The van der Waals surface area contributed by atoms with Gasteiger partial charge in [0.1, 0.15) is 11.4 Å². The lowest BCUT2D eigenvalue weighted by Crippen LogP contribution is -2.33. The minimum atomic E-state index is -0.995. The first kappa shape index (κ1) is 16.3. The average Bonchev–Trinajstić information content (AvgIpc) is 2.86. The molecule has 0 bridgehead atoms. The van der Waals surface area contributed by atoms with E-state index in [4.69, 9.17) is 9.47 Å². The fourth-order valence-corrected chi connectivity index (χ4v) is 3.11. The van der Waals surface area contributed by atoms with E-state index in [9.17, 15) is 14.3 Å². The molecule has 0 radical (unpaired) electrons. The molecule has 0 unspecified atom stereocenters. The van der Waals surface area contributed by atoms with Crippen LogP contribution in [0.5, 0.6) is 11.5 Å². The molecule has 1 N–H and O–H groups in total. The maximum atomic E-state index is 13.1. The van der Waals surface area contributed by atoms with Crippen LogP contribution in [-0.4, -0.2) is 23.3 Å². The van der Waals surface area contributed by atoms with Gasteiger partial charge in [-0.3, -0.25) is 0 Å². The number of carboxylic acids is 1. The summed E-state index contributed by atoms with van der Waals surface area (Å²) in [5.74, 6) is -0.211. The van der Waals surface area contributed by atoms with Crippen molar-refractivity contribution in [3.8, 4) is 11.5 Å². The molecule has 24 heavy (non-hydrogen) atoms. The Morgan fingerprint density at radius 3 is 2.67 bits per heavy atom. The van der Waals surface area contributed by atoms with E-state index >= 15 is 0 Å². The van der Waals surface area contributed by atoms with Crippen LogP contribution in [0, 0.1) is 5.82 Å². The Hall–Kier alpha value is -2.56. The second-order valence-electron chi connectivity index (χ2n) is 6.23. The zero-order valence-electron chi connectivity index (χ0n) is 13.6. The van der Waals surface area contributed by atoms with Gasteiger partial charge < -0.3 is 14.6 Å². The van der Waals surface area contributed by atoms with E-state index in [1.54, 1.807) is 18.2 Å². The molecule has 3 rings (SSSR count). The van der Waals surface area contributed by atoms with Gasteiger partial charge in [0.15, 0.2) is 11.5 Å². The molecular weight excluding hydrogens is 311 g/mol. The number of benzene rings is 2. The van der Waals surface area contributed by atoms with Crippen LogP contribution in [-0.2, 0) is 12.8 Å². The number of carbonyl (C=O) groups is 1. The minimum absolute atomic E-state index is 0.187. The van der Waals surface area contributed by atoms with Crippen LogP contribution in [0.1, 0.15) is 35.3 Å². The first-order valence-corrected chi connectivity index (χ1v) is 7.87. The Kier molecular flexibility index (Phi) is 4.18. The highest BCUT2D eigenvalue weighted by Crippen LogP contribution is 2.44. The normalized spacial score (nSPS) is 18.8. The van der Waals surface area contributed by atoms with Crippen molar-refractivity contribution in [2.75, 3.05) is 6.61 Å². The summed E-state index contributed by atoms with van der Waals surface area (Å²) in [4.78, 5) is 11.3. The summed E-state index contributed by atoms with van der Waals surface area (Å²) in [5.41, 5.74) is 1.45. The van der Waals surface area contributed by atoms with Crippen molar-refractivity contribution in [1.82, 2.24) is 0 Å². The topological polar surface area (TPSA) is 55.8 Å². The molecule has 0 amide bonds. The van der Waals surface area contributed by atoms with E-state index in [2.05, 4.69) is 0 Å². The third-order valence-electron chi connectivity index (χ3n) is 4.08. The molecule has 0 saturated carbocycles. The van der Waals surface area contributed by atoms with Crippen molar-refractivity contribution in [3.63, 3.8) is 0 Å². The maximum Gasteiger partial charge on any atom is 0.335 e. The van der Waals surface area contributed by atoms with Crippen LogP contribution in [0.15, 0.2) is 36.4 Å². The Morgan fingerprint density at radius 2 is 2.04 bits per heavy atom. The van der Waals surface area contributed by atoms with Crippen LogP contribution in [0.3, 0.4) is 0 Å². The summed E-state index contributed by atoms with van der Waals surface area (Å²) in [6.07, 6.45) is 1.16. The predicted molar refractivity (Wildman–Crippen MR) is 87.4 cm³/mol. The lowest BCUT2D eigenvalue weighted by molar-refractivity contribution is 0.0696. The minimum Gasteiger partial charge on any atom is -0.490 e. The van der Waals surface area contributed by atoms with Crippen molar-refractivity contribution in [2.45, 2.75) is 32.3 Å². The highest BCUT2D eigenvalue weighted by Gasteiger charge is 2.37. The molecule has 0 spiro atoms. The van der Waals surface area contributed by atoms with E-state index in [1.165, 1.54) is 18.2 Å². The molecular formula is C19H19FO4. The molecule has 126 valence electrons. The number of aromatic carboxylic acids is 1. The Bertz CT molecular complexity index is 770. The lowest BCUT2D eigenvalue weighted by atomic mass is 9.91. The smallest absolute Gasteiger partial charge is 0.335 e. The standard InChI is InChI=1S/C19H19FO4/c1-3-23-16-9-13(18(21)22)8-14-11-19(2,24-17(14)16)10-12-4-6-15(20)7-5-12/h4-9H,3,10-11H2,1-2H3,(H,21,22)/t19-/m1/s1. The summed E-state index contributed by atoms with van der Waals surface area (Å²) in [7, 11) is 0. The lowest BCUT2D eigenvalue weighted by Gasteiger charge is -2.24. The Morgan fingerprint density at radius 1 is 1.33 bits per heavy atom. The predicted octanol–water partition coefficient (Wildman–Crippen LogP) is 3.86. The number of halogens is 1. The molecule has 0 aromatic heterocycles. The second kappa shape index (κ2) is 6.15. The second-order valence-corrected chi connectivity index (χ2v) is 6.23. The molecule has 1 heterocycles. The number of carboxylic acid groups (broad SMARTS) is 1. The molecule has 2 aromatic carbocycles. The Balaban J connectivity index is 1.90. The number of ether oxygens (including phenoxy) is 2. The van der Waals surface area contributed by atoms with E-state index in [1.807, 2.05) is 13.8 Å². The van der Waals surface area contributed by atoms with Crippen LogP contribution < -0.4 is 9.47 Å². The van der Waals surface area contributed by atoms with E-state index in [0.717, 1.165) is 11.1 Å². The van der Waals surface area contributed by atoms with Crippen molar-refractivity contribution < 1.29 is 23.8 Å². The van der Waals surface area contributed by atoms with Gasteiger partial charge in [0.2, 0.25) is 0 Å². The van der Waals surface area contributed by atoms with Gasteiger partial charge in [0.05, 0.1) is 12.2 Å². The summed E-state index contributed by atoms with van der Waals surface area (Å²) in [5, 5.41) is 9.27. The molecule has 1 aliphatic heterocycles.